The monoisotopic (exact) mass is 325 g/mol. The zero-order chi connectivity index (χ0) is 13.9. The Hall–Kier alpha value is -0.380. The SMILES string of the molecule is CC(C)(CNCC1(CO)CCC1)c1ccc(Br)cc1. The number of nitrogens with one attached hydrogen (secondary N) is 1. The van der Waals surface area contributed by atoms with E-state index in [0.717, 1.165) is 30.4 Å². The van der Waals surface area contributed by atoms with Gasteiger partial charge in [0.1, 0.15) is 0 Å². The Labute approximate surface area is 124 Å². The zero-order valence-corrected chi connectivity index (χ0v) is 13.5. The average Bonchev–Trinajstić information content (AvgIpc) is 2.33. The molecule has 106 valence electrons. The summed E-state index contributed by atoms with van der Waals surface area (Å²) in [7, 11) is 0. The first-order valence-electron chi connectivity index (χ1n) is 7.05. The molecule has 0 aromatic heterocycles. The minimum Gasteiger partial charge on any atom is -0.396 e. The molecule has 0 amide bonds. The highest BCUT2D eigenvalue weighted by Gasteiger charge is 2.36. The van der Waals surface area contributed by atoms with E-state index >= 15 is 0 Å². The lowest BCUT2D eigenvalue weighted by molar-refractivity contribution is 0.0438. The van der Waals surface area contributed by atoms with E-state index in [4.69, 9.17) is 0 Å². The molecule has 2 N–H and O–H groups in total. The Kier molecular flexibility index (Phi) is 4.70. The van der Waals surface area contributed by atoms with Crippen molar-refractivity contribution in [2.75, 3.05) is 19.7 Å². The molecule has 0 radical (unpaired) electrons. The lowest BCUT2D eigenvalue weighted by Crippen LogP contribution is -2.45. The van der Waals surface area contributed by atoms with E-state index in [1.807, 2.05) is 0 Å². The van der Waals surface area contributed by atoms with Crippen molar-refractivity contribution in [1.82, 2.24) is 5.32 Å². The van der Waals surface area contributed by atoms with E-state index in [9.17, 15) is 5.11 Å². The Morgan fingerprint density at radius 3 is 2.37 bits per heavy atom. The second-order valence-electron chi connectivity index (χ2n) is 6.51. The molecule has 0 unspecified atom stereocenters. The topological polar surface area (TPSA) is 32.3 Å². The highest BCUT2D eigenvalue weighted by atomic mass is 79.9. The first-order valence-corrected chi connectivity index (χ1v) is 7.84. The quantitative estimate of drug-likeness (QED) is 0.839. The zero-order valence-electron chi connectivity index (χ0n) is 11.9. The molecule has 1 aliphatic carbocycles. The molecular formula is C16H24BrNO. The molecule has 3 heteroatoms. The van der Waals surface area contributed by atoms with Gasteiger partial charge in [-0.3, -0.25) is 0 Å². The third kappa shape index (κ3) is 3.59. The lowest BCUT2D eigenvalue weighted by Gasteiger charge is -2.41. The fourth-order valence-corrected chi connectivity index (χ4v) is 2.98. The number of hydrogen-bond donors (Lipinski definition) is 2. The molecule has 0 spiro atoms. The van der Waals surface area contributed by atoms with Gasteiger partial charge in [0.2, 0.25) is 0 Å². The molecular weight excluding hydrogens is 302 g/mol. The molecule has 0 aliphatic heterocycles. The summed E-state index contributed by atoms with van der Waals surface area (Å²) in [6.45, 7) is 6.71. The maximum Gasteiger partial charge on any atom is 0.0499 e. The molecule has 1 saturated carbocycles. The smallest absolute Gasteiger partial charge is 0.0499 e. The predicted octanol–water partition coefficient (Wildman–Crippen LogP) is 3.48. The van der Waals surface area contributed by atoms with Crippen molar-refractivity contribution in [1.29, 1.82) is 0 Å². The Morgan fingerprint density at radius 1 is 1.26 bits per heavy atom. The van der Waals surface area contributed by atoms with Crippen LogP contribution in [0, 0.1) is 5.41 Å². The summed E-state index contributed by atoms with van der Waals surface area (Å²) in [6.07, 6.45) is 3.59. The third-order valence-electron chi connectivity index (χ3n) is 4.44. The van der Waals surface area contributed by atoms with E-state index in [-0.39, 0.29) is 10.8 Å². The van der Waals surface area contributed by atoms with Gasteiger partial charge in [-0.2, -0.15) is 0 Å². The summed E-state index contributed by atoms with van der Waals surface area (Å²) in [5.41, 5.74) is 1.62. The van der Waals surface area contributed by atoms with Crippen molar-refractivity contribution in [2.24, 2.45) is 5.41 Å². The van der Waals surface area contributed by atoms with Crippen molar-refractivity contribution in [2.45, 2.75) is 38.5 Å². The highest BCUT2D eigenvalue weighted by molar-refractivity contribution is 9.10. The third-order valence-corrected chi connectivity index (χ3v) is 4.97. The maximum absolute atomic E-state index is 9.47. The van der Waals surface area contributed by atoms with E-state index in [2.05, 4.69) is 59.4 Å². The van der Waals surface area contributed by atoms with Crippen molar-refractivity contribution in [3.8, 4) is 0 Å². The number of aliphatic hydroxyl groups excluding tert-OH is 1. The van der Waals surface area contributed by atoms with Crippen molar-refractivity contribution in [3.05, 3.63) is 34.3 Å². The molecule has 0 bridgehead atoms. The molecule has 2 nitrogen and oxygen atoms in total. The van der Waals surface area contributed by atoms with Crippen molar-refractivity contribution < 1.29 is 5.11 Å². The average molecular weight is 326 g/mol. The molecule has 1 aromatic carbocycles. The van der Waals surface area contributed by atoms with Crippen LogP contribution in [0.5, 0.6) is 0 Å². The Bertz CT molecular complexity index is 404. The van der Waals surface area contributed by atoms with Gasteiger partial charge in [0.25, 0.3) is 0 Å². The molecule has 1 fully saturated rings. The first kappa shape index (κ1) is 15.0. The van der Waals surface area contributed by atoms with E-state index < -0.39 is 0 Å². The van der Waals surface area contributed by atoms with Crippen LogP contribution in [0.15, 0.2) is 28.7 Å². The molecule has 0 saturated heterocycles. The molecule has 0 heterocycles. The van der Waals surface area contributed by atoms with Crippen LogP contribution in [-0.2, 0) is 5.41 Å². The fourth-order valence-electron chi connectivity index (χ4n) is 2.71. The number of aliphatic hydroxyl groups is 1. The largest absolute Gasteiger partial charge is 0.396 e. The van der Waals surface area contributed by atoms with E-state index in [0.29, 0.717) is 6.61 Å². The normalized spacial score (nSPS) is 18.1. The van der Waals surface area contributed by atoms with Gasteiger partial charge in [-0.15, -0.1) is 0 Å². The molecule has 1 aromatic rings. The van der Waals surface area contributed by atoms with Crippen LogP contribution in [0.3, 0.4) is 0 Å². The van der Waals surface area contributed by atoms with Gasteiger partial charge in [-0.25, -0.2) is 0 Å². The summed E-state index contributed by atoms with van der Waals surface area (Å²) >= 11 is 3.47. The highest BCUT2D eigenvalue weighted by Crippen LogP contribution is 2.39. The first-order chi connectivity index (χ1) is 8.97. The minimum absolute atomic E-state index is 0.112. The number of benzene rings is 1. The Balaban J connectivity index is 1.88. The van der Waals surface area contributed by atoms with Gasteiger partial charge < -0.3 is 10.4 Å². The maximum atomic E-state index is 9.47. The van der Waals surface area contributed by atoms with Crippen LogP contribution in [0.4, 0.5) is 0 Å². The van der Waals surface area contributed by atoms with Gasteiger partial charge in [-0.1, -0.05) is 48.3 Å². The van der Waals surface area contributed by atoms with Gasteiger partial charge in [0.05, 0.1) is 0 Å². The summed E-state index contributed by atoms with van der Waals surface area (Å²) in [6, 6.07) is 8.55. The molecule has 19 heavy (non-hydrogen) atoms. The van der Waals surface area contributed by atoms with Crippen LogP contribution in [0.25, 0.3) is 0 Å². The van der Waals surface area contributed by atoms with Gasteiger partial charge in [0.15, 0.2) is 0 Å². The summed E-state index contributed by atoms with van der Waals surface area (Å²) in [5, 5.41) is 13.0. The van der Waals surface area contributed by atoms with Crippen LogP contribution in [0.1, 0.15) is 38.7 Å². The number of rotatable bonds is 6. The number of halogens is 1. The second-order valence-corrected chi connectivity index (χ2v) is 7.42. The van der Waals surface area contributed by atoms with Crippen LogP contribution < -0.4 is 5.32 Å². The van der Waals surface area contributed by atoms with Crippen molar-refractivity contribution in [3.63, 3.8) is 0 Å². The standard InChI is InChI=1S/C16H24BrNO/c1-15(2,13-4-6-14(17)7-5-13)10-18-11-16(12-19)8-3-9-16/h4-7,18-19H,3,8-12H2,1-2H3. The van der Waals surface area contributed by atoms with Crippen molar-refractivity contribution >= 4 is 15.9 Å². The van der Waals surface area contributed by atoms with Crippen LogP contribution in [0.2, 0.25) is 0 Å². The predicted molar refractivity (Wildman–Crippen MR) is 83.4 cm³/mol. The van der Waals surface area contributed by atoms with Crippen LogP contribution in [-0.4, -0.2) is 24.8 Å². The van der Waals surface area contributed by atoms with Gasteiger partial charge in [-0.05, 0) is 30.5 Å². The molecule has 1 aliphatic rings. The summed E-state index contributed by atoms with van der Waals surface area (Å²) in [4.78, 5) is 0. The van der Waals surface area contributed by atoms with E-state index in [1.165, 1.54) is 12.0 Å². The Morgan fingerprint density at radius 2 is 1.89 bits per heavy atom. The van der Waals surface area contributed by atoms with E-state index in [1.54, 1.807) is 0 Å². The van der Waals surface area contributed by atoms with Gasteiger partial charge >= 0.3 is 0 Å². The molecule has 0 atom stereocenters. The molecule has 2 rings (SSSR count). The fraction of sp³-hybridized carbons (Fsp3) is 0.625. The summed E-state index contributed by atoms with van der Waals surface area (Å²) in [5.74, 6) is 0. The number of hydrogen-bond acceptors (Lipinski definition) is 2. The summed E-state index contributed by atoms with van der Waals surface area (Å²) < 4.78 is 1.12. The minimum atomic E-state index is 0.112. The van der Waals surface area contributed by atoms with Crippen LogP contribution >= 0.6 is 15.9 Å². The second kappa shape index (κ2) is 5.94. The lowest BCUT2D eigenvalue weighted by atomic mass is 9.69. The van der Waals surface area contributed by atoms with Gasteiger partial charge in [0, 0.05) is 35.0 Å².